The van der Waals surface area contributed by atoms with Crippen LogP contribution in [0.4, 0.5) is 8.78 Å². The SMILES string of the molecule is CC1CCN(C(=O)COC(=O)c2ccccc2OC(F)F)CC1. The fourth-order valence-electron chi connectivity index (χ4n) is 2.39. The van der Waals surface area contributed by atoms with Crippen molar-refractivity contribution in [3.63, 3.8) is 0 Å². The van der Waals surface area contributed by atoms with Crippen LogP contribution in [0.2, 0.25) is 0 Å². The number of hydrogen-bond acceptors (Lipinski definition) is 4. The number of rotatable bonds is 5. The molecule has 1 fully saturated rings. The lowest BCUT2D eigenvalue weighted by Crippen LogP contribution is -2.40. The van der Waals surface area contributed by atoms with Gasteiger partial charge in [0.1, 0.15) is 11.3 Å². The normalized spacial score (nSPS) is 15.6. The third-order valence-corrected chi connectivity index (χ3v) is 3.79. The summed E-state index contributed by atoms with van der Waals surface area (Å²) >= 11 is 0. The molecular formula is C16H19F2NO4. The molecule has 7 heteroatoms. The fraction of sp³-hybridized carbons (Fsp3) is 0.500. The molecule has 0 N–H and O–H groups in total. The van der Waals surface area contributed by atoms with Gasteiger partial charge in [-0.05, 0) is 30.9 Å². The molecule has 0 spiro atoms. The van der Waals surface area contributed by atoms with Crippen LogP contribution in [0, 0.1) is 5.92 Å². The van der Waals surface area contributed by atoms with Gasteiger partial charge in [-0.2, -0.15) is 8.78 Å². The Morgan fingerprint density at radius 3 is 2.57 bits per heavy atom. The molecule has 23 heavy (non-hydrogen) atoms. The van der Waals surface area contributed by atoms with E-state index < -0.39 is 19.2 Å². The molecule has 0 atom stereocenters. The van der Waals surface area contributed by atoms with E-state index in [1.807, 2.05) is 0 Å². The summed E-state index contributed by atoms with van der Waals surface area (Å²) in [5, 5.41) is 0. The maximum absolute atomic E-state index is 12.3. The zero-order chi connectivity index (χ0) is 16.8. The highest BCUT2D eigenvalue weighted by Crippen LogP contribution is 2.21. The number of piperidine rings is 1. The summed E-state index contributed by atoms with van der Waals surface area (Å²) in [7, 11) is 0. The number of para-hydroxylation sites is 1. The summed E-state index contributed by atoms with van der Waals surface area (Å²) in [6, 6.07) is 5.53. The van der Waals surface area contributed by atoms with Crippen molar-refractivity contribution >= 4 is 11.9 Å². The first-order chi connectivity index (χ1) is 11.0. The third-order valence-electron chi connectivity index (χ3n) is 3.79. The summed E-state index contributed by atoms with van der Waals surface area (Å²) in [4.78, 5) is 25.6. The van der Waals surface area contributed by atoms with Crippen molar-refractivity contribution in [1.29, 1.82) is 0 Å². The zero-order valence-electron chi connectivity index (χ0n) is 12.8. The molecule has 0 saturated carbocycles. The zero-order valence-corrected chi connectivity index (χ0v) is 12.8. The highest BCUT2D eigenvalue weighted by Gasteiger charge is 2.22. The second kappa shape index (κ2) is 7.89. The Kier molecular flexibility index (Phi) is 5.90. The average Bonchev–Trinajstić information content (AvgIpc) is 2.53. The summed E-state index contributed by atoms with van der Waals surface area (Å²) < 4.78 is 33.8. The Morgan fingerprint density at radius 1 is 1.26 bits per heavy atom. The van der Waals surface area contributed by atoms with Crippen LogP contribution in [-0.2, 0) is 9.53 Å². The van der Waals surface area contributed by atoms with Crippen molar-refractivity contribution < 1.29 is 27.8 Å². The fourth-order valence-corrected chi connectivity index (χ4v) is 2.39. The van der Waals surface area contributed by atoms with Gasteiger partial charge in [-0.3, -0.25) is 4.79 Å². The summed E-state index contributed by atoms with van der Waals surface area (Å²) in [6.07, 6.45) is 1.84. The van der Waals surface area contributed by atoms with E-state index in [1.54, 1.807) is 4.90 Å². The third kappa shape index (κ3) is 4.91. The highest BCUT2D eigenvalue weighted by molar-refractivity contribution is 5.94. The Hall–Kier alpha value is -2.18. The lowest BCUT2D eigenvalue weighted by atomic mass is 9.99. The topological polar surface area (TPSA) is 55.8 Å². The van der Waals surface area contributed by atoms with E-state index >= 15 is 0 Å². The molecule has 0 radical (unpaired) electrons. The van der Waals surface area contributed by atoms with E-state index in [4.69, 9.17) is 4.74 Å². The van der Waals surface area contributed by atoms with E-state index in [9.17, 15) is 18.4 Å². The molecule has 2 rings (SSSR count). The number of likely N-dealkylation sites (tertiary alicyclic amines) is 1. The number of esters is 1. The molecule has 1 aliphatic heterocycles. The maximum Gasteiger partial charge on any atom is 0.387 e. The van der Waals surface area contributed by atoms with Gasteiger partial charge in [0, 0.05) is 13.1 Å². The van der Waals surface area contributed by atoms with Crippen molar-refractivity contribution in [3.8, 4) is 5.75 Å². The number of hydrogen-bond donors (Lipinski definition) is 0. The molecule has 0 bridgehead atoms. The average molecular weight is 327 g/mol. The molecule has 5 nitrogen and oxygen atoms in total. The van der Waals surface area contributed by atoms with Crippen LogP contribution in [0.1, 0.15) is 30.1 Å². The van der Waals surface area contributed by atoms with Crippen LogP contribution in [-0.4, -0.2) is 43.1 Å². The van der Waals surface area contributed by atoms with E-state index in [0.717, 1.165) is 12.8 Å². The number of ether oxygens (including phenoxy) is 2. The minimum Gasteiger partial charge on any atom is -0.452 e. The lowest BCUT2D eigenvalue weighted by Gasteiger charge is -2.30. The Bertz CT molecular complexity index is 557. The van der Waals surface area contributed by atoms with Gasteiger partial charge < -0.3 is 14.4 Å². The lowest BCUT2D eigenvalue weighted by molar-refractivity contribution is -0.135. The molecule has 1 amide bonds. The molecule has 1 saturated heterocycles. The van der Waals surface area contributed by atoms with Gasteiger partial charge in [-0.15, -0.1) is 0 Å². The number of carbonyl (C=O) groups is 2. The number of alkyl halides is 2. The standard InChI is InChI=1S/C16H19F2NO4/c1-11-6-8-19(9-7-11)14(20)10-22-15(21)12-4-2-3-5-13(12)23-16(17)18/h2-5,11,16H,6-10H2,1H3. The maximum atomic E-state index is 12.3. The Balaban J connectivity index is 1.91. The number of carbonyl (C=O) groups excluding carboxylic acids is 2. The van der Waals surface area contributed by atoms with E-state index in [-0.39, 0.29) is 17.2 Å². The molecule has 0 unspecified atom stereocenters. The molecule has 0 aliphatic carbocycles. The summed E-state index contributed by atoms with van der Waals surface area (Å²) in [5.74, 6) is -0.829. The first-order valence-electron chi connectivity index (χ1n) is 7.46. The Labute approximate surface area is 133 Å². The highest BCUT2D eigenvalue weighted by atomic mass is 19.3. The van der Waals surface area contributed by atoms with Gasteiger partial charge >= 0.3 is 12.6 Å². The van der Waals surface area contributed by atoms with E-state index in [1.165, 1.54) is 24.3 Å². The van der Waals surface area contributed by atoms with E-state index in [0.29, 0.717) is 19.0 Å². The minimum absolute atomic E-state index is 0.132. The van der Waals surface area contributed by atoms with Crippen molar-refractivity contribution in [2.24, 2.45) is 5.92 Å². The molecule has 1 aromatic carbocycles. The molecule has 0 aromatic heterocycles. The van der Waals surface area contributed by atoms with E-state index in [2.05, 4.69) is 11.7 Å². The van der Waals surface area contributed by atoms with Crippen LogP contribution in [0.15, 0.2) is 24.3 Å². The summed E-state index contributed by atoms with van der Waals surface area (Å²) in [5.41, 5.74) is -0.132. The smallest absolute Gasteiger partial charge is 0.387 e. The predicted octanol–water partition coefficient (Wildman–Crippen LogP) is 2.70. The monoisotopic (exact) mass is 327 g/mol. The number of halogens is 2. The van der Waals surface area contributed by atoms with Gasteiger partial charge in [-0.1, -0.05) is 19.1 Å². The van der Waals surface area contributed by atoms with Crippen molar-refractivity contribution in [2.75, 3.05) is 19.7 Å². The molecule has 126 valence electrons. The predicted molar refractivity (Wildman–Crippen MR) is 78.3 cm³/mol. The van der Waals surface area contributed by atoms with Crippen LogP contribution < -0.4 is 4.74 Å². The van der Waals surface area contributed by atoms with Crippen molar-refractivity contribution in [1.82, 2.24) is 4.90 Å². The first kappa shape index (κ1) is 17.2. The van der Waals surface area contributed by atoms with Crippen LogP contribution in [0.25, 0.3) is 0 Å². The van der Waals surface area contributed by atoms with Gasteiger partial charge in [-0.25, -0.2) is 4.79 Å². The van der Waals surface area contributed by atoms with Gasteiger partial charge in [0.05, 0.1) is 0 Å². The first-order valence-corrected chi connectivity index (χ1v) is 7.46. The number of benzene rings is 1. The summed E-state index contributed by atoms with van der Waals surface area (Å²) in [6.45, 7) is -0.0376. The van der Waals surface area contributed by atoms with Gasteiger partial charge in [0.2, 0.25) is 0 Å². The van der Waals surface area contributed by atoms with Crippen LogP contribution in [0.3, 0.4) is 0 Å². The molecule has 1 heterocycles. The number of nitrogens with zero attached hydrogens (tertiary/aromatic N) is 1. The molecule has 1 aromatic rings. The van der Waals surface area contributed by atoms with Crippen molar-refractivity contribution in [3.05, 3.63) is 29.8 Å². The van der Waals surface area contributed by atoms with Crippen molar-refractivity contribution in [2.45, 2.75) is 26.4 Å². The van der Waals surface area contributed by atoms with Gasteiger partial charge in [0.15, 0.2) is 6.61 Å². The Morgan fingerprint density at radius 2 is 1.91 bits per heavy atom. The van der Waals surface area contributed by atoms with Crippen LogP contribution in [0.5, 0.6) is 5.75 Å². The van der Waals surface area contributed by atoms with Crippen LogP contribution >= 0.6 is 0 Å². The second-order valence-corrected chi connectivity index (χ2v) is 5.51. The van der Waals surface area contributed by atoms with Gasteiger partial charge in [0.25, 0.3) is 5.91 Å². The number of amides is 1. The second-order valence-electron chi connectivity index (χ2n) is 5.51. The quantitative estimate of drug-likeness (QED) is 0.780. The molecular weight excluding hydrogens is 308 g/mol. The largest absolute Gasteiger partial charge is 0.452 e. The molecule has 1 aliphatic rings. The minimum atomic E-state index is -3.04.